The summed E-state index contributed by atoms with van der Waals surface area (Å²) in [7, 11) is 1.96. The summed E-state index contributed by atoms with van der Waals surface area (Å²) in [5.74, 6) is -0.802. The van der Waals surface area contributed by atoms with Crippen molar-refractivity contribution in [2.45, 2.75) is 19.3 Å². The van der Waals surface area contributed by atoms with Gasteiger partial charge in [-0.2, -0.15) is 0 Å². The number of carboxylic acids is 1. The molecule has 1 aliphatic carbocycles. The van der Waals surface area contributed by atoms with Gasteiger partial charge in [-0.25, -0.2) is 0 Å². The van der Waals surface area contributed by atoms with Crippen molar-refractivity contribution in [3.05, 3.63) is 54.6 Å². The molecular formula is C20H22N2O3. The maximum Gasteiger partial charge on any atom is 0.303 e. The lowest BCUT2D eigenvalue weighted by Gasteiger charge is -2.33. The zero-order valence-electron chi connectivity index (χ0n) is 14.2. The van der Waals surface area contributed by atoms with E-state index in [1.54, 1.807) is 0 Å². The lowest BCUT2D eigenvalue weighted by atomic mass is 9.73. The Hall–Kier alpha value is -2.82. The summed E-state index contributed by atoms with van der Waals surface area (Å²) in [6.07, 6.45) is 1.45. The molecule has 1 aliphatic rings. The first-order chi connectivity index (χ1) is 12.0. The van der Waals surface area contributed by atoms with E-state index >= 15 is 0 Å². The fraction of sp³-hybridized carbons (Fsp3) is 0.300. The average molecular weight is 338 g/mol. The van der Waals surface area contributed by atoms with E-state index in [0.29, 0.717) is 12.8 Å². The Morgan fingerprint density at radius 1 is 1.08 bits per heavy atom. The minimum absolute atomic E-state index is 0.0319. The van der Waals surface area contributed by atoms with E-state index in [1.165, 1.54) is 0 Å². The number of nitrogens with zero attached hydrogens (tertiary/aromatic N) is 1. The van der Waals surface area contributed by atoms with Gasteiger partial charge in [0, 0.05) is 25.1 Å². The van der Waals surface area contributed by atoms with Crippen molar-refractivity contribution >= 4 is 28.9 Å². The number of anilines is 3. The van der Waals surface area contributed by atoms with Gasteiger partial charge in [0.15, 0.2) is 0 Å². The predicted octanol–water partition coefficient (Wildman–Crippen LogP) is 3.89. The maximum absolute atomic E-state index is 12.5. The topological polar surface area (TPSA) is 69.6 Å². The van der Waals surface area contributed by atoms with Gasteiger partial charge in [0.1, 0.15) is 0 Å². The smallest absolute Gasteiger partial charge is 0.303 e. The number of carbonyl (C=O) groups is 2. The molecule has 0 saturated heterocycles. The molecule has 25 heavy (non-hydrogen) atoms. The summed E-state index contributed by atoms with van der Waals surface area (Å²) in [5.41, 5.74) is 2.72. The van der Waals surface area contributed by atoms with E-state index in [0.717, 1.165) is 17.1 Å². The number of para-hydroxylation sites is 3. The molecule has 2 N–H and O–H groups in total. The molecule has 0 heterocycles. The number of carboxylic acid groups (broad SMARTS) is 1. The zero-order chi connectivity index (χ0) is 17.8. The molecule has 0 aromatic heterocycles. The number of nitrogens with one attached hydrogen (secondary N) is 1. The Morgan fingerprint density at radius 2 is 1.72 bits per heavy atom. The molecule has 5 nitrogen and oxygen atoms in total. The zero-order valence-corrected chi connectivity index (χ0v) is 14.2. The van der Waals surface area contributed by atoms with Crippen LogP contribution in [0.2, 0.25) is 0 Å². The largest absolute Gasteiger partial charge is 0.481 e. The van der Waals surface area contributed by atoms with Crippen LogP contribution in [0.25, 0.3) is 0 Å². The highest BCUT2D eigenvalue weighted by atomic mass is 16.4. The van der Waals surface area contributed by atoms with E-state index in [1.807, 2.05) is 66.5 Å². The molecule has 1 fully saturated rings. The first-order valence-corrected chi connectivity index (χ1v) is 8.45. The van der Waals surface area contributed by atoms with Crippen molar-refractivity contribution in [1.82, 2.24) is 0 Å². The van der Waals surface area contributed by atoms with E-state index in [-0.39, 0.29) is 24.2 Å². The van der Waals surface area contributed by atoms with E-state index in [4.69, 9.17) is 5.11 Å². The van der Waals surface area contributed by atoms with Gasteiger partial charge in [-0.1, -0.05) is 30.3 Å². The third-order valence-electron chi connectivity index (χ3n) is 4.74. The number of aliphatic carboxylic acids is 1. The quantitative estimate of drug-likeness (QED) is 0.838. The highest BCUT2D eigenvalue weighted by molar-refractivity contribution is 5.97. The summed E-state index contributed by atoms with van der Waals surface area (Å²) in [6, 6.07) is 17.6. The summed E-state index contributed by atoms with van der Waals surface area (Å²) in [5, 5.41) is 11.8. The number of amides is 1. The Kier molecular flexibility index (Phi) is 5.03. The molecule has 0 atom stereocenters. The van der Waals surface area contributed by atoms with Gasteiger partial charge in [0.2, 0.25) is 5.91 Å². The molecular weight excluding hydrogens is 316 g/mol. The minimum Gasteiger partial charge on any atom is -0.481 e. The van der Waals surface area contributed by atoms with E-state index in [2.05, 4.69) is 5.32 Å². The lowest BCUT2D eigenvalue weighted by molar-refractivity contribution is -0.140. The van der Waals surface area contributed by atoms with Crippen LogP contribution in [0.1, 0.15) is 19.3 Å². The molecule has 2 aromatic carbocycles. The molecule has 1 amide bonds. The van der Waals surface area contributed by atoms with Crippen LogP contribution < -0.4 is 10.2 Å². The van der Waals surface area contributed by atoms with Crippen LogP contribution in [0, 0.1) is 11.8 Å². The number of carbonyl (C=O) groups excluding carboxylic acids is 1. The monoisotopic (exact) mass is 338 g/mol. The van der Waals surface area contributed by atoms with Gasteiger partial charge >= 0.3 is 5.97 Å². The fourth-order valence-electron chi connectivity index (χ4n) is 3.26. The normalized spacial score (nSPS) is 18.9. The van der Waals surface area contributed by atoms with Gasteiger partial charge in [-0.05, 0) is 43.0 Å². The average Bonchev–Trinajstić information content (AvgIpc) is 2.58. The van der Waals surface area contributed by atoms with Gasteiger partial charge in [0.05, 0.1) is 11.4 Å². The number of benzene rings is 2. The van der Waals surface area contributed by atoms with Crippen LogP contribution in [0.4, 0.5) is 17.1 Å². The maximum atomic E-state index is 12.5. The van der Waals surface area contributed by atoms with Crippen molar-refractivity contribution in [2.75, 3.05) is 17.3 Å². The molecule has 5 heteroatoms. The van der Waals surface area contributed by atoms with Crippen molar-refractivity contribution < 1.29 is 14.7 Å². The summed E-state index contributed by atoms with van der Waals surface area (Å²) >= 11 is 0. The van der Waals surface area contributed by atoms with E-state index in [9.17, 15) is 9.59 Å². The minimum atomic E-state index is -0.793. The van der Waals surface area contributed by atoms with Gasteiger partial charge in [-0.15, -0.1) is 0 Å². The lowest BCUT2D eigenvalue weighted by Crippen LogP contribution is -2.35. The Labute approximate surface area is 147 Å². The van der Waals surface area contributed by atoms with Crippen LogP contribution in [0.15, 0.2) is 54.6 Å². The van der Waals surface area contributed by atoms with Crippen LogP contribution in [-0.2, 0) is 9.59 Å². The summed E-state index contributed by atoms with van der Waals surface area (Å²) in [6.45, 7) is 0. The van der Waals surface area contributed by atoms with Crippen LogP contribution in [0.3, 0.4) is 0 Å². The Balaban J connectivity index is 1.68. The van der Waals surface area contributed by atoms with Crippen LogP contribution in [0.5, 0.6) is 0 Å². The molecule has 0 spiro atoms. The number of hydrogen-bond acceptors (Lipinski definition) is 3. The van der Waals surface area contributed by atoms with Crippen LogP contribution in [-0.4, -0.2) is 24.0 Å². The molecule has 1 saturated carbocycles. The number of hydrogen-bond donors (Lipinski definition) is 2. The second kappa shape index (κ2) is 7.38. The third-order valence-corrected chi connectivity index (χ3v) is 4.74. The predicted molar refractivity (Wildman–Crippen MR) is 98.0 cm³/mol. The summed E-state index contributed by atoms with van der Waals surface area (Å²) < 4.78 is 0. The molecule has 0 unspecified atom stereocenters. The highest BCUT2D eigenvalue weighted by Crippen LogP contribution is 2.38. The van der Waals surface area contributed by atoms with Gasteiger partial charge in [0.25, 0.3) is 0 Å². The van der Waals surface area contributed by atoms with Crippen molar-refractivity contribution in [3.63, 3.8) is 0 Å². The Morgan fingerprint density at radius 3 is 2.40 bits per heavy atom. The molecule has 130 valence electrons. The third kappa shape index (κ3) is 3.99. The summed E-state index contributed by atoms with van der Waals surface area (Å²) in [4.78, 5) is 25.2. The molecule has 0 radical (unpaired) electrons. The molecule has 0 aliphatic heterocycles. The van der Waals surface area contributed by atoms with Gasteiger partial charge in [-0.3, -0.25) is 9.59 Å². The SMILES string of the molecule is CN(c1ccccc1)c1ccccc1NC(=O)C1CC(CC(=O)O)C1. The van der Waals surface area contributed by atoms with Crippen molar-refractivity contribution in [2.24, 2.45) is 11.8 Å². The van der Waals surface area contributed by atoms with Crippen LogP contribution >= 0.6 is 0 Å². The second-order valence-electron chi connectivity index (χ2n) is 6.53. The standard InChI is InChI=1S/C20H22N2O3/c1-22(16-7-3-2-4-8-16)18-10-6-5-9-17(18)21-20(25)15-11-14(12-15)13-19(23)24/h2-10,14-15H,11-13H2,1H3,(H,21,25)(H,23,24). The van der Waals surface area contributed by atoms with Gasteiger partial charge < -0.3 is 15.3 Å². The molecule has 2 aromatic rings. The first kappa shape index (κ1) is 17.0. The second-order valence-corrected chi connectivity index (χ2v) is 6.53. The first-order valence-electron chi connectivity index (χ1n) is 8.45. The molecule has 0 bridgehead atoms. The van der Waals surface area contributed by atoms with E-state index < -0.39 is 5.97 Å². The highest BCUT2D eigenvalue weighted by Gasteiger charge is 2.35. The van der Waals surface area contributed by atoms with Crippen molar-refractivity contribution in [3.8, 4) is 0 Å². The Bertz CT molecular complexity index is 755. The molecule has 3 rings (SSSR count). The van der Waals surface area contributed by atoms with Crippen molar-refractivity contribution in [1.29, 1.82) is 0 Å². The number of rotatable bonds is 6. The fourth-order valence-corrected chi connectivity index (χ4v) is 3.26.